The number of urea groups is 1. The molecule has 4 rings (SSSR count). The second kappa shape index (κ2) is 6.47. The molecule has 26 heavy (non-hydrogen) atoms. The van der Waals surface area contributed by atoms with Gasteiger partial charge in [-0.3, -0.25) is 0 Å². The Morgan fingerprint density at radius 1 is 0.962 bits per heavy atom. The van der Waals surface area contributed by atoms with Gasteiger partial charge in [0.15, 0.2) is 5.45 Å². The predicted octanol–water partition coefficient (Wildman–Crippen LogP) is 5.09. The van der Waals surface area contributed by atoms with E-state index in [2.05, 4.69) is 23.7 Å². The fraction of sp³-hybridized carbons (Fsp3) is 0.263. The maximum Gasteiger partial charge on any atom is 0.371 e. The summed E-state index contributed by atoms with van der Waals surface area (Å²) in [5.74, 6) is 0. The Morgan fingerprint density at radius 2 is 1.54 bits per heavy atom. The van der Waals surface area contributed by atoms with Crippen LogP contribution in [0.4, 0.5) is 10.5 Å². The van der Waals surface area contributed by atoms with E-state index in [1.807, 2.05) is 60.7 Å². The van der Waals surface area contributed by atoms with Crippen LogP contribution in [-0.4, -0.2) is 24.7 Å². The standard InChI is InChI=1S/C19H20N3O3P/c1-19(2)13-24-26(25-14-19)17(15-9-5-3-6-10-15)20-22(18(23)21-26)16-11-7-4-8-12-16/h3-12H,13-14H2,1-2H3. The molecule has 0 aliphatic carbocycles. The zero-order valence-electron chi connectivity index (χ0n) is 14.7. The molecule has 1 saturated heterocycles. The number of anilines is 1. The van der Waals surface area contributed by atoms with Gasteiger partial charge < -0.3 is 9.05 Å². The van der Waals surface area contributed by atoms with Crippen molar-refractivity contribution < 1.29 is 13.8 Å². The number of para-hydroxylation sites is 1. The molecule has 1 spiro atoms. The van der Waals surface area contributed by atoms with E-state index in [9.17, 15) is 4.79 Å². The fourth-order valence-corrected chi connectivity index (χ4v) is 5.29. The van der Waals surface area contributed by atoms with E-state index in [0.29, 0.717) is 24.4 Å². The summed E-state index contributed by atoms with van der Waals surface area (Å²) in [5.41, 5.74) is 1.96. The number of hydrogen-bond acceptors (Lipinski definition) is 4. The molecule has 0 atom stereocenters. The van der Waals surface area contributed by atoms with Gasteiger partial charge in [0.1, 0.15) is 0 Å². The van der Waals surface area contributed by atoms with Crippen molar-refractivity contribution in [1.82, 2.24) is 0 Å². The highest BCUT2D eigenvalue weighted by molar-refractivity contribution is 7.75. The van der Waals surface area contributed by atoms with Gasteiger partial charge in [-0.1, -0.05) is 62.4 Å². The van der Waals surface area contributed by atoms with Crippen molar-refractivity contribution in [2.24, 2.45) is 15.3 Å². The first-order valence-electron chi connectivity index (χ1n) is 8.44. The molecule has 0 N–H and O–H groups in total. The summed E-state index contributed by atoms with van der Waals surface area (Å²) in [6.45, 7) is 5.05. The first-order valence-corrected chi connectivity index (χ1v) is 10.0. The molecule has 2 amide bonds. The molecule has 0 saturated carbocycles. The monoisotopic (exact) mass is 369 g/mol. The molecule has 7 heteroatoms. The molecule has 0 bridgehead atoms. The van der Waals surface area contributed by atoms with Crippen molar-refractivity contribution in [3.63, 3.8) is 0 Å². The van der Waals surface area contributed by atoms with Gasteiger partial charge in [-0.2, -0.15) is 14.9 Å². The van der Waals surface area contributed by atoms with E-state index in [4.69, 9.17) is 9.05 Å². The van der Waals surface area contributed by atoms with Crippen LogP contribution in [0.1, 0.15) is 19.4 Å². The fourth-order valence-electron chi connectivity index (χ4n) is 2.73. The minimum absolute atomic E-state index is 0.123. The molecular formula is C19H20N3O3P. The molecule has 134 valence electrons. The van der Waals surface area contributed by atoms with Crippen LogP contribution in [0.25, 0.3) is 0 Å². The summed E-state index contributed by atoms with van der Waals surface area (Å²) in [6.07, 6.45) is 0. The van der Waals surface area contributed by atoms with E-state index < -0.39 is 13.5 Å². The smallest absolute Gasteiger partial charge is 0.318 e. The molecule has 0 radical (unpaired) electrons. The molecule has 2 aromatic rings. The van der Waals surface area contributed by atoms with Crippen LogP contribution in [0.5, 0.6) is 0 Å². The Bertz CT molecular complexity index is 896. The highest BCUT2D eigenvalue weighted by Crippen LogP contribution is 2.61. The van der Waals surface area contributed by atoms with Crippen molar-refractivity contribution >= 4 is 24.7 Å². The Labute approximate surface area is 152 Å². The van der Waals surface area contributed by atoms with Gasteiger partial charge in [-0.25, -0.2) is 4.79 Å². The summed E-state index contributed by atoms with van der Waals surface area (Å²) in [4.78, 5) is 12.7. The lowest BCUT2D eigenvalue weighted by atomic mass is 9.97. The van der Waals surface area contributed by atoms with Crippen molar-refractivity contribution in [3.8, 4) is 0 Å². The second-order valence-electron chi connectivity index (χ2n) is 7.05. The second-order valence-corrected chi connectivity index (χ2v) is 9.23. The van der Waals surface area contributed by atoms with Gasteiger partial charge in [-0.05, 0) is 12.1 Å². The number of hydrogen-bond donors (Lipinski definition) is 0. The highest BCUT2D eigenvalue weighted by Gasteiger charge is 2.43. The molecule has 2 heterocycles. The van der Waals surface area contributed by atoms with E-state index in [0.717, 1.165) is 5.56 Å². The lowest BCUT2D eigenvalue weighted by Gasteiger charge is -2.39. The highest BCUT2D eigenvalue weighted by atomic mass is 31.2. The summed E-state index contributed by atoms with van der Waals surface area (Å²) < 4.78 is 16.6. The maximum absolute atomic E-state index is 12.7. The maximum atomic E-state index is 12.7. The number of hydrazone groups is 1. The van der Waals surface area contributed by atoms with Crippen LogP contribution in [0.15, 0.2) is 70.5 Å². The van der Waals surface area contributed by atoms with Crippen molar-refractivity contribution in [2.45, 2.75) is 13.8 Å². The quantitative estimate of drug-likeness (QED) is 0.693. The Hall–Kier alpha value is -2.27. The van der Waals surface area contributed by atoms with Gasteiger partial charge in [0.25, 0.3) is 7.51 Å². The third-order valence-electron chi connectivity index (χ3n) is 4.15. The minimum Gasteiger partial charge on any atom is -0.318 e. The lowest BCUT2D eigenvalue weighted by Crippen LogP contribution is -2.35. The normalized spacial score (nSPS) is 21.2. The van der Waals surface area contributed by atoms with E-state index >= 15 is 0 Å². The molecule has 0 aromatic heterocycles. The van der Waals surface area contributed by atoms with Crippen molar-refractivity contribution in [1.29, 1.82) is 0 Å². The third-order valence-corrected chi connectivity index (χ3v) is 6.43. The van der Waals surface area contributed by atoms with Gasteiger partial charge in [0.05, 0.1) is 18.9 Å². The number of carbonyl (C=O) groups is 1. The van der Waals surface area contributed by atoms with Gasteiger partial charge in [0, 0.05) is 11.0 Å². The molecule has 6 nitrogen and oxygen atoms in total. The topological polar surface area (TPSA) is 63.5 Å². The summed E-state index contributed by atoms with van der Waals surface area (Å²) in [6, 6.07) is 18.4. The van der Waals surface area contributed by atoms with Crippen LogP contribution >= 0.6 is 7.51 Å². The average Bonchev–Trinajstić information content (AvgIpc) is 2.66. The minimum atomic E-state index is -2.93. The van der Waals surface area contributed by atoms with Crippen molar-refractivity contribution in [3.05, 3.63) is 66.2 Å². The van der Waals surface area contributed by atoms with Crippen molar-refractivity contribution in [2.75, 3.05) is 18.2 Å². The number of carbonyl (C=O) groups excluding carboxylic acids is 1. The van der Waals surface area contributed by atoms with E-state index in [-0.39, 0.29) is 5.41 Å². The van der Waals surface area contributed by atoms with Gasteiger partial charge in [0.2, 0.25) is 0 Å². The summed E-state index contributed by atoms with van der Waals surface area (Å²) >= 11 is 0. The molecular weight excluding hydrogens is 349 g/mol. The molecule has 0 unspecified atom stereocenters. The Balaban J connectivity index is 1.82. The Morgan fingerprint density at radius 3 is 2.15 bits per heavy atom. The summed E-state index contributed by atoms with van der Waals surface area (Å²) in [5, 5.41) is 5.94. The predicted molar refractivity (Wildman–Crippen MR) is 102 cm³/mol. The molecule has 2 aliphatic rings. The van der Waals surface area contributed by atoms with E-state index in [1.165, 1.54) is 5.01 Å². The van der Waals surface area contributed by atoms with Gasteiger partial charge >= 0.3 is 6.03 Å². The number of rotatable bonds is 2. The number of nitrogens with zero attached hydrogens (tertiary/aromatic N) is 3. The molecule has 2 aliphatic heterocycles. The van der Waals surface area contributed by atoms with Crippen LogP contribution in [-0.2, 0) is 9.05 Å². The first-order chi connectivity index (χ1) is 12.5. The number of benzene rings is 2. The summed E-state index contributed by atoms with van der Waals surface area (Å²) in [7, 11) is -2.93. The first kappa shape index (κ1) is 17.2. The SMILES string of the molecule is CC1(C)COP2(=NC(=O)N(c3ccccc3)N=C2c2ccccc2)OC1. The number of amides is 2. The zero-order valence-corrected chi connectivity index (χ0v) is 15.6. The van der Waals surface area contributed by atoms with Crippen LogP contribution in [0.2, 0.25) is 0 Å². The molecule has 2 aromatic carbocycles. The van der Waals surface area contributed by atoms with Crippen LogP contribution < -0.4 is 5.01 Å². The zero-order chi connectivity index (χ0) is 18.2. The third kappa shape index (κ3) is 3.12. The average molecular weight is 369 g/mol. The van der Waals surface area contributed by atoms with Gasteiger partial charge in [-0.15, -0.1) is 0 Å². The van der Waals surface area contributed by atoms with E-state index in [1.54, 1.807) is 0 Å². The Kier molecular flexibility index (Phi) is 4.27. The van der Waals surface area contributed by atoms with Crippen LogP contribution in [0, 0.1) is 5.41 Å². The largest absolute Gasteiger partial charge is 0.371 e. The molecule has 1 fully saturated rings. The van der Waals surface area contributed by atoms with Crippen LogP contribution in [0.3, 0.4) is 0 Å². The lowest BCUT2D eigenvalue weighted by molar-refractivity contribution is 0.0611.